The van der Waals surface area contributed by atoms with Crippen LogP contribution < -0.4 is 5.32 Å². The molecule has 1 amide bonds. The number of amides is 1. The molecule has 182 valence electrons. The first-order valence-corrected chi connectivity index (χ1v) is 11.3. The van der Waals surface area contributed by atoms with Gasteiger partial charge in [-0.15, -0.1) is 0 Å². The highest BCUT2D eigenvalue weighted by Crippen LogP contribution is 2.64. The van der Waals surface area contributed by atoms with Gasteiger partial charge in [0.25, 0.3) is 0 Å². The Morgan fingerprint density at radius 1 is 1.15 bits per heavy atom. The number of aryl methyl sites for hydroxylation is 2. The smallest absolute Gasteiger partial charge is 0.305 e. The van der Waals surface area contributed by atoms with Gasteiger partial charge in [0.05, 0.1) is 18.5 Å². The number of fused-ring (bicyclic) bond motifs is 1. The number of carboxylic acid groups (broad SMARTS) is 1. The van der Waals surface area contributed by atoms with Gasteiger partial charge in [0, 0.05) is 12.1 Å². The third kappa shape index (κ3) is 4.08. The molecule has 5 nitrogen and oxygen atoms in total. The van der Waals surface area contributed by atoms with Crippen LogP contribution in [-0.2, 0) is 9.59 Å². The molecule has 34 heavy (non-hydrogen) atoms. The van der Waals surface area contributed by atoms with Gasteiger partial charge in [-0.2, -0.15) is 0 Å². The Morgan fingerprint density at radius 2 is 1.76 bits per heavy atom. The number of hydrogen-bond acceptors (Lipinski definition) is 3. The summed E-state index contributed by atoms with van der Waals surface area (Å²) >= 11 is 0. The van der Waals surface area contributed by atoms with Crippen LogP contribution >= 0.6 is 0 Å². The lowest BCUT2D eigenvalue weighted by molar-refractivity contribution is -0.138. The molecule has 1 aliphatic heterocycles. The van der Waals surface area contributed by atoms with Crippen LogP contribution in [0.25, 0.3) is 11.1 Å². The third-order valence-electron chi connectivity index (χ3n) is 7.62. The molecule has 4 atom stereocenters. The van der Waals surface area contributed by atoms with Crippen LogP contribution in [0.2, 0.25) is 0 Å². The number of nitrogens with zero attached hydrogens (tertiary/aromatic N) is 1. The number of halogens is 3. The van der Waals surface area contributed by atoms with Crippen molar-refractivity contribution in [1.29, 1.82) is 0 Å². The molecule has 8 heteroatoms. The zero-order chi connectivity index (χ0) is 25.1. The van der Waals surface area contributed by atoms with Gasteiger partial charge in [-0.05, 0) is 84.7 Å². The Balaban J connectivity index is 1.72. The average Bonchev–Trinajstić information content (AvgIpc) is 3.03. The first-order chi connectivity index (χ1) is 15.8. The number of aliphatic carboxylic acids is 1. The van der Waals surface area contributed by atoms with E-state index in [1.165, 1.54) is 18.2 Å². The summed E-state index contributed by atoms with van der Waals surface area (Å²) in [5.41, 5.74) is 1.63. The molecule has 0 radical (unpaired) electrons. The van der Waals surface area contributed by atoms with Crippen LogP contribution in [-0.4, -0.2) is 41.5 Å². The molecule has 0 aromatic heterocycles. The molecule has 1 saturated carbocycles. The summed E-state index contributed by atoms with van der Waals surface area (Å²) in [4.78, 5) is 26.8. The van der Waals surface area contributed by atoms with E-state index in [2.05, 4.69) is 19.2 Å². The first kappa shape index (κ1) is 24.3. The lowest BCUT2D eigenvalue weighted by atomic mass is 9.91. The summed E-state index contributed by atoms with van der Waals surface area (Å²) in [5.74, 6) is -3.98. The molecule has 2 aromatic rings. The standard InChI is InChI=1S/C26H29F3N2O3/c1-12-6-15(27)7-13(2)21(12)14-8-16(23(29)18(28)9-14)19(10-20(32)33)30-25(34)24-22-17(11-31(24)5)26(22,3)4/h6-9,17,19,22,24H,10-11H2,1-5H3,(H,30,34)(H,32,33)/t17?,19?,22?,24-/m0/s1. The maximum atomic E-state index is 15.0. The highest BCUT2D eigenvalue weighted by atomic mass is 19.2. The number of likely N-dealkylation sites (N-methyl/N-ethyl adjacent to an activating group) is 1. The first-order valence-electron chi connectivity index (χ1n) is 11.3. The van der Waals surface area contributed by atoms with Crippen molar-refractivity contribution < 1.29 is 27.9 Å². The van der Waals surface area contributed by atoms with Gasteiger partial charge in [-0.25, -0.2) is 13.2 Å². The molecular weight excluding hydrogens is 445 g/mol. The van der Waals surface area contributed by atoms with Gasteiger partial charge in [0.2, 0.25) is 5.91 Å². The van der Waals surface area contributed by atoms with Crippen LogP contribution in [0.4, 0.5) is 13.2 Å². The number of hydrogen-bond donors (Lipinski definition) is 2. The van der Waals surface area contributed by atoms with Gasteiger partial charge in [-0.3, -0.25) is 14.5 Å². The molecule has 2 fully saturated rings. The largest absolute Gasteiger partial charge is 0.481 e. The van der Waals surface area contributed by atoms with Crippen molar-refractivity contribution in [3.05, 3.63) is 58.4 Å². The number of benzene rings is 2. The summed E-state index contributed by atoms with van der Waals surface area (Å²) in [6.45, 7) is 8.26. The number of carbonyl (C=O) groups excluding carboxylic acids is 1. The molecule has 2 aliphatic rings. The maximum absolute atomic E-state index is 15.0. The van der Waals surface area contributed by atoms with Gasteiger partial charge >= 0.3 is 5.97 Å². The zero-order valence-corrected chi connectivity index (χ0v) is 19.9. The van der Waals surface area contributed by atoms with E-state index in [0.29, 0.717) is 22.6 Å². The van der Waals surface area contributed by atoms with E-state index in [4.69, 9.17) is 0 Å². The Bertz CT molecular complexity index is 1160. The predicted molar refractivity (Wildman–Crippen MR) is 122 cm³/mol. The second kappa shape index (κ2) is 8.41. The number of nitrogens with one attached hydrogen (secondary N) is 1. The van der Waals surface area contributed by atoms with Crippen LogP contribution in [0, 0.1) is 48.5 Å². The number of carboxylic acids is 1. The summed E-state index contributed by atoms with van der Waals surface area (Å²) in [7, 11) is 1.83. The van der Waals surface area contributed by atoms with Crippen molar-refractivity contribution in [1.82, 2.24) is 10.2 Å². The van der Waals surface area contributed by atoms with E-state index in [0.717, 1.165) is 12.6 Å². The van der Waals surface area contributed by atoms with Crippen LogP contribution in [0.1, 0.15) is 43.0 Å². The van der Waals surface area contributed by atoms with Crippen LogP contribution in [0.5, 0.6) is 0 Å². The Hall–Kier alpha value is -2.87. The topological polar surface area (TPSA) is 69.6 Å². The second-order valence-electron chi connectivity index (χ2n) is 10.3. The van der Waals surface area contributed by atoms with Crippen molar-refractivity contribution in [3.8, 4) is 11.1 Å². The van der Waals surface area contributed by atoms with E-state index < -0.39 is 47.8 Å². The van der Waals surface area contributed by atoms with E-state index in [9.17, 15) is 27.9 Å². The third-order valence-corrected chi connectivity index (χ3v) is 7.62. The SMILES string of the molecule is Cc1cc(F)cc(C)c1-c1cc(F)c(F)c(C(CC(=O)O)NC(=O)[C@@H]2C3C(CN2C)C3(C)C)c1. The highest BCUT2D eigenvalue weighted by molar-refractivity contribution is 5.84. The quantitative estimate of drug-likeness (QED) is 0.642. The fourth-order valence-corrected chi connectivity index (χ4v) is 5.87. The summed E-state index contributed by atoms with van der Waals surface area (Å²) in [5, 5.41) is 12.2. The normalized spacial score (nSPS) is 23.9. The molecule has 1 aliphatic carbocycles. The lowest BCUT2D eigenvalue weighted by Crippen LogP contribution is -2.47. The summed E-state index contributed by atoms with van der Waals surface area (Å²) in [6.07, 6.45) is -0.610. The fraction of sp³-hybridized carbons (Fsp3) is 0.462. The van der Waals surface area contributed by atoms with Crippen molar-refractivity contribution in [2.45, 2.75) is 46.2 Å². The van der Waals surface area contributed by atoms with E-state index in [-0.39, 0.29) is 22.5 Å². The molecule has 2 aromatic carbocycles. The minimum atomic E-state index is -1.27. The Kier molecular flexibility index (Phi) is 6.00. The molecule has 4 rings (SSSR count). The number of rotatable bonds is 6. The number of likely N-dealkylation sites (tertiary alicyclic amines) is 1. The van der Waals surface area contributed by atoms with Crippen molar-refractivity contribution in [2.75, 3.05) is 13.6 Å². The molecule has 2 N–H and O–H groups in total. The molecule has 0 bridgehead atoms. The van der Waals surface area contributed by atoms with Gasteiger partial charge in [0.1, 0.15) is 5.82 Å². The van der Waals surface area contributed by atoms with E-state index in [1.54, 1.807) is 13.8 Å². The molecule has 1 heterocycles. The maximum Gasteiger partial charge on any atom is 0.305 e. The molecular formula is C26H29F3N2O3. The molecule has 0 spiro atoms. The summed E-state index contributed by atoms with van der Waals surface area (Å²) in [6, 6.07) is 3.21. The summed E-state index contributed by atoms with van der Waals surface area (Å²) < 4.78 is 43.5. The zero-order valence-electron chi connectivity index (χ0n) is 19.9. The number of piperidine rings is 1. The lowest BCUT2D eigenvalue weighted by Gasteiger charge is -2.28. The predicted octanol–water partition coefficient (Wildman–Crippen LogP) is 4.61. The molecule has 1 saturated heterocycles. The second-order valence-corrected chi connectivity index (χ2v) is 10.3. The number of carbonyl (C=O) groups is 2. The molecule has 3 unspecified atom stereocenters. The minimum Gasteiger partial charge on any atom is -0.481 e. The monoisotopic (exact) mass is 474 g/mol. The Labute approximate surface area is 197 Å². The van der Waals surface area contributed by atoms with E-state index in [1.807, 2.05) is 11.9 Å². The minimum absolute atomic E-state index is 0.00568. The van der Waals surface area contributed by atoms with Crippen molar-refractivity contribution >= 4 is 11.9 Å². The fourth-order valence-electron chi connectivity index (χ4n) is 5.87. The average molecular weight is 475 g/mol. The van der Waals surface area contributed by atoms with Gasteiger partial charge in [0.15, 0.2) is 11.6 Å². The van der Waals surface area contributed by atoms with Gasteiger partial charge < -0.3 is 10.4 Å². The van der Waals surface area contributed by atoms with Crippen LogP contribution in [0.15, 0.2) is 24.3 Å². The van der Waals surface area contributed by atoms with E-state index >= 15 is 0 Å². The van der Waals surface area contributed by atoms with Crippen molar-refractivity contribution in [2.24, 2.45) is 17.3 Å². The van der Waals surface area contributed by atoms with Crippen LogP contribution in [0.3, 0.4) is 0 Å². The Morgan fingerprint density at radius 3 is 2.32 bits per heavy atom. The van der Waals surface area contributed by atoms with Crippen molar-refractivity contribution in [3.63, 3.8) is 0 Å². The van der Waals surface area contributed by atoms with Gasteiger partial charge in [-0.1, -0.05) is 13.8 Å². The highest BCUT2D eigenvalue weighted by Gasteiger charge is 2.67.